The molecule has 0 saturated carbocycles. The minimum absolute atomic E-state index is 0.126. The molecule has 0 amide bonds. The second-order valence-electron chi connectivity index (χ2n) is 6.97. The van der Waals surface area contributed by atoms with Gasteiger partial charge in [-0.05, 0) is 42.7 Å². The van der Waals surface area contributed by atoms with Gasteiger partial charge in [-0.25, -0.2) is 4.79 Å². The molecule has 0 unspecified atom stereocenters. The highest BCUT2D eigenvalue weighted by molar-refractivity contribution is 7.86. The third-order valence-electron chi connectivity index (χ3n) is 5.12. The van der Waals surface area contributed by atoms with Crippen LogP contribution in [0.2, 0.25) is 0 Å². The van der Waals surface area contributed by atoms with E-state index < -0.39 is 16.2 Å². The van der Waals surface area contributed by atoms with Crippen molar-refractivity contribution in [3.05, 3.63) is 64.7 Å². The van der Waals surface area contributed by atoms with Crippen LogP contribution in [0.15, 0.2) is 42.5 Å². The molecule has 0 aromatic heterocycles. The first-order valence-corrected chi connectivity index (χ1v) is 10.8. The molecule has 0 atom stereocenters. The Labute approximate surface area is 172 Å². The number of hydrogen-bond acceptors (Lipinski definition) is 5. The number of benzene rings is 2. The van der Waals surface area contributed by atoms with Gasteiger partial charge in [0.2, 0.25) is 0 Å². The molecule has 0 N–H and O–H groups in total. The Hall–Kier alpha value is -2.42. The highest BCUT2D eigenvalue weighted by Gasteiger charge is 2.34. The lowest BCUT2D eigenvalue weighted by atomic mass is 10.1. The molecule has 156 valence electrons. The summed E-state index contributed by atoms with van der Waals surface area (Å²) in [5, 5.41) is 0. The van der Waals surface area contributed by atoms with E-state index in [4.69, 9.17) is 9.47 Å². The van der Waals surface area contributed by atoms with Gasteiger partial charge >= 0.3 is 5.97 Å². The molecule has 2 aromatic carbocycles. The molecule has 1 aliphatic heterocycles. The first-order chi connectivity index (χ1) is 13.9. The highest BCUT2D eigenvalue weighted by atomic mass is 32.2. The lowest BCUT2D eigenvalue weighted by molar-refractivity contribution is 0.0600. The molecule has 1 saturated heterocycles. The van der Waals surface area contributed by atoms with Crippen molar-refractivity contribution in [2.24, 2.45) is 0 Å². The van der Waals surface area contributed by atoms with Crippen molar-refractivity contribution in [3.8, 4) is 5.75 Å². The molecule has 1 aliphatic rings. The lowest BCUT2D eigenvalue weighted by Gasteiger charge is -2.35. The molecular weight excluding hydrogens is 392 g/mol. The molecule has 1 fully saturated rings. The van der Waals surface area contributed by atoms with Crippen molar-refractivity contribution in [3.63, 3.8) is 0 Å². The van der Waals surface area contributed by atoms with Crippen LogP contribution >= 0.6 is 0 Å². The van der Waals surface area contributed by atoms with Crippen molar-refractivity contribution in [2.75, 3.05) is 27.3 Å². The molecule has 29 heavy (non-hydrogen) atoms. The number of carbonyl (C=O) groups is 1. The number of nitrogens with zero attached hydrogens (tertiary/aromatic N) is 2. The summed E-state index contributed by atoms with van der Waals surface area (Å²) in [5.74, 6) is 0.0560. The number of ether oxygens (including phenoxy) is 2. The van der Waals surface area contributed by atoms with Gasteiger partial charge in [-0.2, -0.15) is 17.0 Å². The summed E-state index contributed by atoms with van der Waals surface area (Å²) in [7, 11) is -0.816. The first-order valence-electron chi connectivity index (χ1n) is 9.41. The van der Waals surface area contributed by atoms with E-state index in [1.807, 2.05) is 31.2 Å². The molecular formula is C21H26N2O5S. The first kappa shape index (κ1) is 21.3. The molecule has 2 aromatic rings. The number of hydrogen-bond donors (Lipinski definition) is 0. The fourth-order valence-electron chi connectivity index (χ4n) is 3.45. The molecule has 0 aliphatic carbocycles. The van der Waals surface area contributed by atoms with Crippen LogP contribution in [0.5, 0.6) is 5.75 Å². The van der Waals surface area contributed by atoms with Crippen LogP contribution in [0, 0.1) is 6.92 Å². The van der Waals surface area contributed by atoms with Crippen LogP contribution < -0.4 is 4.74 Å². The Balaban J connectivity index is 1.86. The summed E-state index contributed by atoms with van der Waals surface area (Å²) < 4.78 is 39.5. The van der Waals surface area contributed by atoms with Gasteiger partial charge in [0, 0.05) is 31.7 Å². The quantitative estimate of drug-likeness (QED) is 0.675. The Morgan fingerprint density at radius 2 is 1.66 bits per heavy atom. The lowest BCUT2D eigenvalue weighted by Crippen LogP contribution is -2.48. The van der Waals surface area contributed by atoms with E-state index in [0.29, 0.717) is 36.5 Å². The summed E-state index contributed by atoms with van der Waals surface area (Å²) in [5.41, 5.74) is 3.03. The molecule has 0 spiro atoms. The van der Waals surface area contributed by atoms with Gasteiger partial charge in [0.05, 0.1) is 19.8 Å². The average Bonchev–Trinajstić information content (AvgIpc) is 2.72. The second-order valence-corrected chi connectivity index (χ2v) is 8.90. The average molecular weight is 419 g/mol. The van der Waals surface area contributed by atoms with E-state index in [9.17, 15) is 13.2 Å². The zero-order valence-corrected chi connectivity index (χ0v) is 17.7. The monoisotopic (exact) mass is 418 g/mol. The maximum absolute atomic E-state index is 13.2. The minimum atomic E-state index is -3.65. The van der Waals surface area contributed by atoms with E-state index in [1.54, 1.807) is 18.2 Å². The van der Waals surface area contributed by atoms with Crippen molar-refractivity contribution >= 4 is 16.2 Å². The van der Waals surface area contributed by atoms with E-state index in [1.165, 1.54) is 22.8 Å². The summed E-state index contributed by atoms with van der Waals surface area (Å²) in [6.45, 7) is 3.34. The number of rotatable bonds is 6. The summed E-state index contributed by atoms with van der Waals surface area (Å²) in [6.07, 6.45) is 0.726. The number of methoxy groups -OCH3 is 2. The van der Waals surface area contributed by atoms with Crippen LogP contribution in [0.25, 0.3) is 0 Å². The van der Waals surface area contributed by atoms with Crippen molar-refractivity contribution in [2.45, 2.75) is 26.4 Å². The molecule has 0 radical (unpaired) electrons. The fourth-order valence-corrected chi connectivity index (χ4v) is 5.10. The van der Waals surface area contributed by atoms with Crippen molar-refractivity contribution in [1.29, 1.82) is 0 Å². The second kappa shape index (κ2) is 8.94. The van der Waals surface area contributed by atoms with Gasteiger partial charge in [0.25, 0.3) is 10.2 Å². The van der Waals surface area contributed by atoms with Crippen LogP contribution in [-0.2, 0) is 28.0 Å². The predicted molar refractivity (Wildman–Crippen MR) is 110 cm³/mol. The van der Waals surface area contributed by atoms with E-state index in [0.717, 1.165) is 17.5 Å². The summed E-state index contributed by atoms with van der Waals surface area (Å²) in [6, 6.07) is 12.7. The van der Waals surface area contributed by atoms with Gasteiger partial charge in [0.1, 0.15) is 5.75 Å². The molecule has 1 heterocycles. The molecule has 8 heteroatoms. The van der Waals surface area contributed by atoms with Crippen molar-refractivity contribution < 1.29 is 22.7 Å². The van der Waals surface area contributed by atoms with Crippen LogP contribution in [0.3, 0.4) is 0 Å². The standard InChI is InChI=1S/C21H26N2O5S/c1-16-7-4-5-8-18(16)14-22-11-6-12-23(29(22,25)26)15-19-13-17(21(24)28-3)9-10-20(19)27-2/h4-5,7-10,13H,6,11-12,14-15H2,1-3H3. The van der Waals surface area contributed by atoms with Gasteiger partial charge in [-0.3, -0.25) is 0 Å². The van der Waals surface area contributed by atoms with Crippen LogP contribution in [0.1, 0.15) is 33.5 Å². The maximum atomic E-state index is 13.2. The summed E-state index contributed by atoms with van der Waals surface area (Å²) in [4.78, 5) is 11.9. The Bertz CT molecular complexity index is 990. The Morgan fingerprint density at radius 3 is 2.28 bits per heavy atom. The van der Waals surface area contributed by atoms with E-state index in [2.05, 4.69) is 0 Å². The Kier molecular flexibility index (Phi) is 6.56. The van der Waals surface area contributed by atoms with E-state index in [-0.39, 0.29) is 6.54 Å². The predicted octanol–water partition coefficient (Wildman–Crippen LogP) is 2.74. The van der Waals surface area contributed by atoms with Gasteiger partial charge < -0.3 is 9.47 Å². The normalized spacial score (nSPS) is 17.1. The zero-order chi connectivity index (χ0) is 21.0. The van der Waals surface area contributed by atoms with Gasteiger partial charge in [-0.15, -0.1) is 0 Å². The largest absolute Gasteiger partial charge is 0.496 e. The smallest absolute Gasteiger partial charge is 0.337 e. The van der Waals surface area contributed by atoms with Crippen molar-refractivity contribution in [1.82, 2.24) is 8.61 Å². The maximum Gasteiger partial charge on any atom is 0.337 e. The molecule has 0 bridgehead atoms. The highest BCUT2D eigenvalue weighted by Crippen LogP contribution is 2.27. The third-order valence-corrected chi connectivity index (χ3v) is 7.05. The number of aryl methyl sites for hydroxylation is 1. The summed E-state index contributed by atoms with van der Waals surface area (Å²) >= 11 is 0. The van der Waals surface area contributed by atoms with Gasteiger partial charge in [0.15, 0.2) is 0 Å². The van der Waals surface area contributed by atoms with E-state index >= 15 is 0 Å². The number of carbonyl (C=O) groups excluding carboxylic acids is 1. The van der Waals surface area contributed by atoms with Crippen LogP contribution in [0.4, 0.5) is 0 Å². The number of esters is 1. The van der Waals surface area contributed by atoms with Crippen LogP contribution in [-0.4, -0.2) is 50.3 Å². The molecule has 7 nitrogen and oxygen atoms in total. The van der Waals surface area contributed by atoms with Gasteiger partial charge in [-0.1, -0.05) is 24.3 Å². The fraction of sp³-hybridized carbons (Fsp3) is 0.381. The zero-order valence-electron chi connectivity index (χ0n) is 16.9. The topological polar surface area (TPSA) is 76.2 Å². The Morgan fingerprint density at radius 1 is 1.00 bits per heavy atom. The minimum Gasteiger partial charge on any atom is -0.496 e. The third kappa shape index (κ3) is 4.60. The SMILES string of the molecule is COC(=O)c1ccc(OC)c(CN2CCCN(Cc3ccccc3C)S2(=O)=O)c1. The molecule has 3 rings (SSSR count).